The minimum atomic E-state index is -1.01. The number of aromatic nitrogens is 1. The van der Waals surface area contributed by atoms with Crippen molar-refractivity contribution in [3.63, 3.8) is 0 Å². The number of nitrogens with one attached hydrogen (secondary N) is 1. The summed E-state index contributed by atoms with van der Waals surface area (Å²) in [4.78, 5) is 42.0. The second-order valence-electron chi connectivity index (χ2n) is 6.70. The molecule has 0 aliphatic carbocycles. The van der Waals surface area contributed by atoms with Gasteiger partial charge in [0.1, 0.15) is 0 Å². The van der Waals surface area contributed by atoms with Crippen molar-refractivity contribution in [3.05, 3.63) is 52.3 Å². The maximum absolute atomic E-state index is 12.8. The van der Waals surface area contributed by atoms with Crippen LogP contribution in [0.1, 0.15) is 56.3 Å². The normalized spacial score (nSPS) is 11.6. The molecule has 150 valence electrons. The minimum Gasteiger partial charge on any atom is -0.462 e. The average Bonchev–Trinajstić information content (AvgIpc) is 2.95. The molecule has 0 saturated carbocycles. The summed E-state index contributed by atoms with van der Waals surface area (Å²) in [6.45, 7) is 6.82. The van der Waals surface area contributed by atoms with Gasteiger partial charge >= 0.3 is 11.9 Å². The van der Waals surface area contributed by atoms with Gasteiger partial charge in [0.05, 0.1) is 23.4 Å². The van der Waals surface area contributed by atoms with Crippen LogP contribution >= 0.6 is 0 Å². The third-order valence-electron chi connectivity index (χ3n) is 4.44. The van der Waals surface area contributed by atoms with Crippen molar-refractivity contribution in [1.82, 2.24) is 4.98 Å². The molecule has 0 spiro atoms. The molecule has 0 amide bonds. The Morgan fingerprint density at radius 3 is 2.21 bits per heavy atom. The molecule has 1 aromatic heterocycles. The smallest absolute Gasteiger partial charge is 0.340 e. The summed E-state index contributed by atoms with van der Waals surface area (Å²) in [7, 11) is 3.80. The average molecular weight is 386 g/mol. The number of esters is 2. The predicted octanol–water partition coefficient (Wildman–Crippen LogP) is 3.30. The number of anilines is 1. The first-order valence-electron chi connectivity index (χ1n) is 9.06. The third kappa shape index (κ3) is 4.42. The van der Waals surface area contributed by atoms with Crippen molar-refractivity contribution < 1.29 is 23.9 Å². The van der Waals surface area contributed by atoms with E-state index in [-0.39, 0.29) is 12.3 Å². The maximum atomic E-state index is 12.8. The zero-order valence-corrected chi connectivity index (χ0v) is 17.1. The molecule has 0 fully saturated rings. The van der Waals surface area contributed by atoms with Gasteiger partial charge < -0.3 is 19.4 Å². The molecule has 1 aromatic carbocycles. The van der Waals surface area contributed by atoms with Gasteiger partial charge in [0.15, 0.2) is 6.10 Å². The Morgan fingerprint density at radius 1 is 1.07 bits per heavy atom. The van der Waals surface area contributed by atoms with Crippen molar-refractivity contribution in [2.24, 2.45) is 0 Å². The van der Waals surface area contributed by atoms with E-state index in [1.165, 1.54) is 6.92 Å². The number of rotatable bonds is 7. The molecule has 2 aromatic rings. The van der Waals surface area contributed by atoms with Crippen molar-refractivity contribution in [3.8, 4) is 0 Å². The Hall–Kier alpha value is -3.09. The molecule has 0 aliphatic heterocycles. The summed E-state index contributed by atoms with van der Waals surface area (Å²) in [5, 5.41) is 0. The summed E-state index contributed by atoms with van der Waals surface area (Å²) in [5.74, 6) is -1.48. The molecule has 2 rings (SSSR count). The van der Waals surface area contributed by atoms with Crippen LogP contribution in [0.15, 0.2) is 24.3 Å². The van der Waals surface area contributed by atoms with E-state index in [1.807, 2.05) is 19.0 Å². The van der Waals surface area contributed by atoms with E-state index in [2.05, 4.69) is 4.98 Å². The van der Waals surface area contributed by atoms with Crippen LogP contribution < -0.4 is 4.90 Å². The quantitative estimate of drug-likeness (QED) is 0.580. The molecular formula is C21H26N2O5. The summed E-state index contributed by atoms with van der Waals surface area (Å²) in [6, 6.07) is 6.90. The highest BCUT2D eigenvalue weighted by Crippen LogP contribution is 2.21. The number of carbonyl (C=O) groups is 3. The number of ether oxygens (including phenoxy) is 2. The number of ketones is 1. The zero-order valence-electron chi connectivity index (χ0n) is 17.1. The Kier molecular flexibility index (Phi) is 6.62. The molecule has 7 nitrogen and oxygen atoms in total. The molecule has 1 heterocycles. The second-order valence-corrected chi connectivity index (χ2v) is 6.70. The number of hydrogen-bond acceptors (Lipinski definition) is 6. The first-order valence-corrected chi connectivity index (χ1v) is 9.06. The number of nitrogens with zero attached hydrogens (tertiary/aromatic N) is 1. The Labute approximate surface area is 164 Å². The molecule has 28 heavy (non-hydrogen) atoms. The van der Waals surface area contributed by atoms with Crippen molar-refractivity contribution in [2.75, 3.05) is 25.6 Å². The number of benzene rings is 1. The lowest BCUT2D eigenvalue weighted by Gasteiger charge is -2.14. The maximum Gasteiger partial charge on any atom is 0.340 e. The van der Waals surface area contributed by atoms with Gasteiger partial charge in [-0.15, -0.1) is 0 Å². The van der Waals surface area contributed by atoms with Crippen LogP contribution in [0.2, 0.25) is 0 Å². The van der Waals surface area contributed by atoms with E-state index < -0.39 is 23.8 Å². The molecular weight excluding hydrogens is 360 g/mol. The molecule has 0 aliphatic rings. The zero-order chi connectivity index (χ0) is 21.0. The number of aromatic amines is 1. The van der Waals surface area contributed by atoms with Crippen molar-refractivity contribution in [1.29, 1.82) is 0 Å². The molecule has 0 unspecified atom stereocenters. The summed E-state index contributed by atoms with van der Waals surface area (Å²) in [6.07, 6.45) is -1.01. The van der Waals surface area contributed by atoms with Gasteiger partial charge in [-0.1, -0.05) is 0 Å². The second kappa shape index (κ2) is 8.73. The fourth-order valence-electron chi connectivity index (χ4n) is 2.89. The Morgan fingerprint density at radius 2 is 1.68 bits per heavy atom. The van der Waals surface area contributed by atoms with E-state index in [1.54, 1.807) is 45.0 Å². The summed E-state index contributed by atoms with van der Waals surface area (Å²) in [5.41, 5.74) is 2.91. The van der Waals surface area contributed by atoms with Crippen molar-refractivity contribution >= 4 is 23.4 Å². The third-order valence-corrected chi connectivity index (χ3v) is 4.44. The van der Waals surface area contributed by atoms with E-state index in [9.17, 15) is 14.4 Å². The first-order chi connectivity index (χ1) is 13.2. The minimum absolute atomic E-state index is 0.240. The van der Waals surface area contributed by atoms with Crippen molar-refractivity contribution in [2.45, 2.75) is 33.8 Å². The van der Waals surface area contributed by atoms with Gasteiger partial charge in [0.2, 0.25) is 5.78 Å². The largest absolute Gasteiger partial charge is 0.462 e. The number of carbonyl (C=O) groups excluding carboxylic acids is 3. The monoisotopic (exact) mass is 386 g/mol. The lowest BCUT2D eigenvalue weighted by molar-refractivity contribution is 0.0316. The van der Waals surface area contributed by atoms with Crippen LogP contribution in [0.25, 0.3) is 0 Å². The highest BCUT2D eigenvalue weighted by atomic mass is 16.5. The topological polar surface area (TPSA) is 88.7 Å². The van der Waals surface area contributed by atoms with Crippen LogP contribution in [0.3, 0.4) is 0 Å². The SMILES string of the molecule is CCOC(=O)c1c(C)[nH]c(C(=O)[C@H](C)OC(=O)c2ccc(N(C)C)cc2)c1C. The molecule has 0 saturated heterocycles. The molecule has 0 radical (unpaired) electrons. The molecule has 1 N–H and O–H groups in total. The standard InChI is InChI=1S/C21H26N2O5/c1-7-27-21(26)17-12(2)18(22-13(17)3)19(24)14(4)28-20(25)15-8-10-16(11-9-15)23(5)6/h8-11,14,22H,7H2,1-6H3/t14-/m0/s1. The number of Topliss-reactive ketones (excluding diaryl/α,β-unsaturated/α-hetero) is 1. The van der Waals surface area contributed by atoms with Crippen LogP contribution in [0, 0.1) is 13.8 Å². The molecule has 0 bridgehead atoms. The summed E-state index contributed by atoms with van der Waals surface area (Å²) >= 11 is 0. The van der Waals surface area contributed by atoms with Crippen LogP contribution in [-0.4, -0.2) is 49.5 Å². The number of aryl methyl sites for hydroxylation is 1. The lowest BCUT2D eigenvalue weighted by Crippen LogP contribution is -2.25. The van der Waals surface area contributed by atoms with Gasteiger partial charge in [-0.05, 0) is 57.5 Å². The van der Waals surface area contributed by atoms with Gasteiger partial charge in [-0.3, -0.25) is 4.79 Å². The van der Waals surface area contributed by atoms with Gasteiger partial charge in [0.25, 0.3) is 0 Å². The number of H-pyrrole nitrogens is 1. The lowest BCUT2D eigenvalue weighted by atomic mass is 10.1. The Balaban J connectivity index is 2.15. The Bertz CT molecular complexity index is 881. The fourth-order valence-corrected chi connectivity index (χ4v) is 2.89. The number of hydrogen-bond donors (Lipinski definition) is 1. The molecule has 1 atom stereocenters. The summed E-state index contributed by atoms with van der Waals surface area (Å²) < 4.78 is 10.4. The van der Waals surface area contributed by atoms with Crippen LogP contribution in [-0.2, 0) is 9.47 Å². The van der Waals surface area contributed by atoms with Crippen LogP contribution in [0.5, 0.6) is 0 Å². The van der Waals surface area contributed by atoms with Gasteiger partial charge in [0, 0.05) is 25.5 Å². The molecule has 7 heteroatoms. The van der Waals surface area contributed by atoms with E-state index in [4.69, 9.17) is 9.47 Å². The van der Waals surface area contributed by atoms with Gasteiger partial charge in [-0.25, -0.2) is 9.59 Å². The van der Waals surface area contributed by atoms with Crippen LogP contribution in [0.4, 0.5) is 5.69 Å². The first kappa shape index (κ1) is 21.2. The predicted molar refractivity (Wildman–Crippen MR) is 106 cm³/mol. The highest BCUT2D eigenvalue weighted by molar-refractivity contribution is 6.04. The van der Waals surface area contributed by atoms with E-state index in [0.717, 1.165) is 5.69 Å². The van der Waals surface area contributed by atoms with E-state index >= 15 is 0 Å². The highest BCUT2D eigenvalue weighted by Gasteiger charge is 2.27. The fraction of sp³-hybridized carbons (Fsp3) is 0.381. The van der Waals surface area contributed by atoms with E-state index in [0.29, 0.717) is 22.4 Å². The van der Waals surface area contributed by atoms with Gasteiger partial charge in [-0.2, -0.15) is 0 Å².